The smallest absolute Gasteiger partial charge is 0.271 e. The highest BCUT2D eigenvalue weighted by atomic mass is 35.5. The van der Waals surface area contributed by atoms with Gasteiger partial charge in [0.2, 0.25) is 0 Å². The zero-order chi connectivity index (χ0) is 22.0. The number of benzene rings is 3. The quantitative estimate of drug-likeness (QED) is 0.421. The van der Waals surface area contributed by atoms with E-state index in [4.69, 9.17) is 16.3 Å². The first-order chi connectivity index (χ1) is 14.9. The Morgan fingerprint density at radius 1 is 1.10 bits per heavy atom. The van der Waals surface area contributed by atoms with Gasteiger partial charge in [0, 0.05) is 18.2 Å². The van der Waals surface area contributed by atoms with Crippen LogP contribution in [0.2, 0.25) is 5.02 Å². The maximum Gasteiger partial charge on any atom is 0.271 e. The predicted molar refractivity (Wildman–Crippen MR) is 117 cm³/mol. The van der Waals surface area contributed by atoms with E-state index in [2.05, 4.69) is 10.6 Å². The first-order valence-corrected chi connectivity index (χ1v) is 9.99. The Labute approximate surface area is 182 Å². The Balaban J connectivity index is 1.60. The number of hydrogen-bond donors (Lipinski definition) is 2. The number of carbonyl (C=O) groups excluding carboxylic acids is 2. The standard InChI is InChI=1S/C22H18ClN3O5/c23-18-11-16(26(29)30)7-8-19(18)25-22(28)17-9-13-3-1-2-4-14(13)10-20(17)31-12-21(27)24-15-5-6-15/h1-4,7-11,15H,5-6,12H2,(H,24,27)(H,25,28). The van der Waals surface area contributed by atoms with Crippen LogP contribution in [0.4, 0.5) is 11.4 Å². The molecule has 3 aromatic carbocycles. The topological polar surface area (TPSA) is 111 Å². The highest BCUT2D eigenvalue weighted by Gasteiger charge is 2.24. The number of amides is 2. The second kappa shape index (κ2) is 8.61. The molecule has 0 aromatic heterocycles. The van der Waals surface area contributed by atoms with E-state index in [0.29, 0.717) is 0 Å². The summed E-state index contributed by atoms with van der Waals surface area (Å²) in [6.45, 7) is -0.215. The third-order valence-corrected chi connectivity index (χ3v) is 5.12. The van der Waals surface area contributed by atoms with E-state index in [1.807, 2.05) is 24.3 Å². The van der Waals surface area contributed by atoms with Crippen molar-refractivity contribution >= 4 is 45.6 Å². The number of hydrogen-bond acceptors (Lipinski definition) is 5. The average Bonchev–Trinajstić information content (AvgIpc) is 3.56. The Morgan fingerprint density at radius 3 is 2.45 bits per heavy atom. The lowest BCUT2D eigenvalue weighted by atomic mass is 10.1. The maximum atomic E-state index is 13.0. The van der Waals surface area contributed by atoms with Gasteiger partial charge >= 0.3 is 0 Å². The molecule has 0 heterocycles. The van der Waals surface area contributed by atoms with Gasteiger partial charge in [0.05, 0.1) is 21.2 Å². The molecule has 1 fully saturated rings. The van der Waals surface area contributed by atoms with Gasteiger partial charge in [-0.25, -0.2) is 0 Å². The summed E-state index contributed by atoms with van der Waals surface area (Å²) in [6.07, 6.45) is 1.93. The van der Waals surface area contributed by atoms with Crippen molar-refractivity contribution in [2.45, 2.75) is 18.9 Å². The fourth-order valence-electron chi connectivity index (χ4n) is 3.07. The largest absolute Gasteiger partial charge is 0.483 e. The number of anilines is 1. The molecule has 1 saturated carbocycles. The second-order valence-corrected chi connectivity index (χ2v) is 7.61. The predicted octanol–water partition coefficient (Wildman–Crippen LogP) is 4.31. The number of fused-ring (bicyclic) bond motifs is 1. The average molecular weight is 440 g/mol. The number of halogens is 1. The fraction of sp³-hybridized carbons (Fsp3) is 0.182. The molecule has 158 valence electrons. The third kappa shape index (κ3) is 4.92. The summed E-state index contributed by atoms with van der Waals surface area (Å²) < 4.78 is 5.68. The molecule has 2 N–H and O–H groups in total. The molecule has 0 spiro atoms. The van der Waals surface area contributed by atoms with Crippen molar-refractivity contribution in [3.63, 3.8) is 0 Å². The summed E-state index contributed by atoms with van der Waals surface area (Å²) in [4.78, 5) is 35.3. The van der Waals surface area contributed by atoms with Crippen molar-refractivity contribution < 1.29 is 19.2 Å². The molecule has 31 heavy (non-hydrogen) atoms. The van der Waals surface area contributed by atoms with Crippen LogP contribution in [0.1, 0.15) is 23.2 Å². The molecule has 4 rings (SSSR count). The van der Waals surface area contributed by atoms with Gasteiger partial charge in [-0.1, -0.05) is 35.9 Å². The molecule has 0 unspecified atom stereocenters. The molecular weight excluding hydrogens is 422 g/mol. The molecule has 9 heteroatoms. The van der Waals surface area contributed by atoms with E-state index in [0.717, 1.165) is 29.7 Å². The third-order valence-electron chi connectivity index (χ3n) is 4.81. The number of rotatable bonds is 7. The van der Waals surface area contributed by atoms with Crippen molar-refractivity contribution in [1.29, 1.82) is 0 Å². The van der Waals surface area contributed by atoms with Crippen LogP contribution in [0.15, 0.2) is 54.6 Å². The second-order valence-electron chi connectivity index (χ2n) is 7.20. The highest BCUT2D eigenvalue weighted by molar-refractivity contribution is 6.34. The fourth-order valence-corrected chi connectivity index (χ4v) is 3.29. The van der Waals surface area contributed by atoms with E-state index < -0.39 is 10.8 Å². The molecule has 0 aliphatic heterocycles. The minimum absolute atomic E-state index is 0.0367. The van der Waals surface area contributed by atoms with Crippen LogP contribution in [-0.4, -0.2) is 29.4 Å². The molecule has 0 saturated heterocycles. The SMILES string of the molecule is O=C(COc1cc2ccccc2cc1C(=O)Nc1ccc([N+](=O)[O-])cc1Cl)NC1CC1. The zero-order valence-electron chi connectivity index (χ0n) is 16.3. The molecule has 1 aliphatic rings. The number of non-ortho nitro benzene ring substituents is 1. The van der Waals surface area contributed by atoms with Gasteiger partial charge in [-0.05, 0) is 41.8 Å². The van der Waals surface area contributed by atoms with Crippen molar-refractivity contribution in [2.24, 2.45) is 0 Å². The number of nitrogens with one attached hydrogen (secondary N) is 2. The molecule has 0 bridgehead atoms. The maximum absolute atomic E-state index is 13.0. The molecule has 3 aromatic rings. The van der Waals surface area contributed by atoms with Crippen LogP contribution in [0.25, 0.3) is 10.8 Å². The van der Waals surface area contributed by atoms with Crippen molar-refractivity contribution in [3.8, 4) is 5.75 Å². The van der Waals surface area contributed by atoms with Gasteiger partial charge in [0.15, 0.2) is 6.61 Å². The van der Waals surface area contributed by atoms with Crippen LogP contribution in [0, 0.1) is 10.1 Å². The van der Waals surface area contributed by atoms with Crippen molar-refractivity contribution in [2.75, 3.05) is 11.9 Å². The summed E-state index contributed by atoms with van der Waals surface area (Å²) in [6, 6.07) is 14.8. The van der Waals surface area contributed by atoms with Crippen molar-refractivity contribution in [3.05, 3.63) is 75.3 Å². The number of ether oxygens (including phenoxy) is 1. The summed E-state index contributed by atoms with van der Waals surface area (Å²) in [5.41, 5.74) is 0.259. The first-order valence-electron chi connectivity index (χ1n) is 9.61. The lowest BCUT2D eigenvalue weighted by molar-refractivity contribution is -0.384. The molecule has 0 atom stereocenters. The van der Waals surface area contributed by atoms with Crippen LogP contribution < -0.4 is 15.4 Å². The normalized spacial score (nSPS) is 12.9. The van der Waals surface area contributed by atoms with Crippen LogP contribution in [-0.2, 0) is 4.79 Å². The van der Waals surface area contributed by atoms with Gasteiger partial charge in [-0.2, -0.15) is 0 Å². The zero-order valence-corrected chi connectivity index (χ0v) is 17.0. The van der Waals surface area contributed by atoms with Gasteiger partial charge < -0.3 is 15.4 Å². The summed E-state index contributed by atoms with van der Waals surface area (Å²) in [7, 11) is 0. The first kappa shape index (κ1) is 20.6. The molecular formula is C22H18ClN3O5. The molecule has 2 amide bonds. The van der Waals surface area contributed by atoms with Crippen LogP contribution in [0.5, 0.6) is 5.75 Å². The number of nitro groups is 1. The Bertz CT molecular complexity index is 1190. The van der Waals surface area contributed by atoms with Gasteiger partial charge in [0.25, 0.3) is 17.5 Å². The Kier molecular flexibility index (Phi) is 5.73. The van der Waals surface area contributed by atoms with E-state index >= 15 is 0 Å². The molecule has 1 aliphatic carbocycles. The number of nitrogens with zero attached hydrogens (tertiary/aromatic N) is 1. The monoisotopic (exact) mass is 439 g/mol. The van der Waals surface area contributed by atoms with E-state index in [1.54, 1.807) is 12.1 Å². The lowest BCUT2D eigenvalue weighted by Gasteiger charge is -2.14. The molecule has 0 radical (unpaired) electrons. The lowest BCUT2D eigenvalue weighted by Crippen LogP contribution is -2.30. The van der Waals surface area contributed by atoms with Crippen LogP contribution in [0.3, 0.4) is 0 Å². The molecule has 8 nitrogen and oxygen atoms in total. The highest BCUT2D eigenvalue weighted by Crippen LogP contribution is 2.30. The van der Waals surface area contributed by atoms with Crippen molar-refractivity contribution in [1.82, 2.24) is 5.32 Å². The van der Waals surface area contributed by atoms with E-state index in [9.17, 15) is 19.7 Å². The van der Waals surface area contributed by atoms with E-state index in [1.165, 1.54) is 12.1 Å². The van der Waals surface area contributed by atoms with Gasteiger partial charge in [0.1, 0.15) is 5.75 Å². The summed E-state index contributed by atoms with van der Waals surface area (Å²) in [5, 5.41) is 18.1. The number of carbonyl (C=O) groups is 2. The minimum Gasteiger partial charge on any atom is -0.483 e. The van der Waals surface area contributed by atoms with Gasteiger partial charge in [-0.3, -0.25) is 19.7 Å². The van der Waals surface area contributed by atoms with Crippen LogP contribution >= 0.6 is 11.6 Å². The Hall–Kier alpha value is -3.65. The summed E-state index contributed by atoms with van der Waals surface area (Å²) in [5.74, 6) is -0.514. The summed E-state index contributed by atoms with van der Waals surface area (Å²) >= 11 is 6.09. The number of nitro benzene ring substituents is 1. The van der Waals surface area contributed by atoms with Gasteiger partial charge in [-0.15, -0.1) is 0 Å². The van der Waals surface area contributed by atoms with E-state index in [-0.39, 0.29) is 46.3 Å². The Morgan fingerprint density at radius 2 is 1.81 bits per heavy atom. The minimum atomic E-state index is -0.570.